The zero-order valence-corrected chi connectivity index (χ0v) is 28.7. The van der Waals surface area contributed by atoms with E-state index in [-0.39, 0.29) is 29.9 Å². The molecule has 8 heteroatoms. The standard InChI is InChI=1S/C45H36N4O4/c50-40-24-31(38-22-27-11-1-5-13-29(27)44(51)49-38)42-39(53-40)23-30(36-19-17-25-9-2-6-14-33(25)46-36)41(37-20-18-26-10-3-7-15-34(26)47-37)43(42)32-21-28-12-4-8-16-35(28)48-45(32)52/h1-16,18,20-23,29,31-32,35-38,46-47H,17,19H2,(H,48,52)(H,49,51). The molecule has 2 amide bonds. The molecule has 7 aliphatic rings. The molecule has 7 unspecified atom stereocenters. The molecule has 0 bridgehead atoms. The van der Waals surface area contributed by atoms with Crippen LogP contribution in [0.15, 0.2) is 133 Å². The lowest BCUT2D eigenvalue weighted by atomic mass is 9.71. The molecule has 0 saturated heterocycles. The van der Waals surface area contributed by atoms with Gasteiger partial charge >= 0.3 is 5.97 Å². The van der Waals surface area contributed by atoms with E-state index in [1.54, 1.807) is 0 Å². The highest BCUT2D eigenvalue weighted by atomic mass is 16.5. The van der Waals surface area contributed by atoms with Crippen molar-refractivity contribution in [2.75, 3.05) is 10.6 Å². The van der Waals surface area contributed by atoms with Crippen LogP contribution in [0.4, 0.5) is 11.4 Å². The Bertz CT molecular complexity index is 2330. The Morgan fingerprint density at radius 2 is 1.45 bits per heavy atom. The summed E-state index contributed by atoms with van der Waals surface area (Å²) < 4.78 is 6.11. The summed E-state index contributed by atoms with van der Waals surface area (Å²) in [5, 5.41) is 14.0. The number of carbonyl (C=O) groups is 3. The van der Waals surface area contributed by atoms with Gasteiger partial charge in [-0.15, -0.1) is 0 Å². The van der Waals surface area contributed by atoms with Crippen LogP contribution < -0.4 is 26.0 Å². The number of anilines is 2. The number of ether oxygens (including phenoxy) is 1. The van der Waals surface area contributed by atoms with Crippen LogP contribution >= 0.6 is 0 Å². The van der Waals surface area contributed by atoms with Crippen molar-refractivity contribution in [3.8, 4) is 5.75 Å². The van der Waals surface area contributed by atoms with Gasteiger partial charge < -0.3 is 26.0 Å². The lowest BCUT2D eigenvalue weighted by Crippen LogP contribution is -2.48. The van der Waals surface area contributed by atoms with Gasteiger partial charge in [0.2, 0.25) is 11.8 Å². The van der Waals surface area contributed by atoms with Gasteiger partial charge in [0.05, 0.1) is 36.0 Å². The van der Waals surface area contributed by atoms with Crippen molar-refractivity contribution in [1.82, 2.24) is 10.6 Å². The summed E-state index contributed by atoms with van der Waals surface area (Å²) in [7, 11) is 0. The van der Waals surface area contributed by atoms with E-state index in [2.05, 4.69) is 70.2 Å². The maximum absolute atomic E-state index is 14.5. The zero-order valence-electron chi connectivity index (χ0n) is 28.7. The van der Waals surface area contributed by atoms with Crippen LogP contribution in [0.1, 0.15) is 63.7 Å². The molecule has 2 radical (unpaired) electrons. The number of rotatable bonds is 4. The predicted octanol–water partition coefficient (Wildman–Crippen LogP) is 6.85. The number of para-hydroxylation sites is 2. The van der Waals surface area contributed by atoms with Crippen molar-refractivity contribution < 1.29 is 19.1 Å². The number of carbonyl (C=O) groups excluding carboxylic acids is 3. The third-order valence-electron chi connectivity index (χ3n) is 11.4. The Morgan fingerprint density at radius 3 is 2.36 bits per heavy atom. The largest absolute Gasteiger partial charge is 0.426 e. The molecule has 5 aliphatic heterocycles. The molecule has 10 rings (SSSR count). The lowest BCUT2D eigenvalue weighted by molar-refractivity contribution is -0.132. The number of nitrogens with one attached hydrogen (secondary N) is 4. The van der Waals surface area contributed by atoms with Crippen LogP contribution in [0.25, 0.3) is 6.08 Å². The molecule has 2 aliphatic carbocycles. The summed E-state index contributed by atoms with van der Waals surface area (Å²) in [6.45, 7) is 0. The third-order valence-corrected chi connectivity index (χ3v) is 11.4. The smallest absolute Gasteiger partial charge is 0.320 e. The van der Waals surface area contributed by atoms with Crippen molar-refractivity contribution in [3.05, 3.63) is 172 Å². The fourth-order valence-corrected chi connectivity index (χ4v) is 8.94. The van der Waals surface area contributed by atoms with Crippen LogP contribution in [0.2, 0.25) is 0 Å². The molecule has 0 fully saturated rings. The molecule has 5 heterocycles. The minimum absolute atomic E-state index is 0.146. The van der Waals surface area contributed by atoms with Crippen molar-refractivity contribution in [2.45, 2.75) is 48.8 Å². The van der Waals surface area contributed by atoms with E-state index in [9.17, 15) is 14.4 Å². The summed E-state index contributed by atoms with van der Waals surface area (Å²) in [5.41, 5.74) is 9.52. The van der Waals surface area contributed by atoms with Gasteiger partial charge in [-0.1, -0.05) is 109 Å². The maximum atomic E-state index is 14.5. The molecule has 8 nitrogen and oxygen atoms in total. The number of aryl methyl sites for hydroxylation is 1. The Hall–Kier alpha value is -6.15. The number of esters is 1. The topological polar surface area (TPSA) is 109 Å². The van der Waals surface area contributed by atoms with Gasteiger partial charge in [0.15, 0.2) is 0 Å². The van der Waals surface area contributed by atoms with Crippen molar-refractivity contribution in [1.29, 1.82) is 0 Å². The molecule has 0 saturated carbocycles. The summed E-state index contributed by atoms with van der Waals surface area (Å²) in [6, 6.07) is 17.2. The zero-order chi connectivity index (χ0) is 35.6. The first kappa shape index (κ1) is 31.6. The van der Waals surface area contributed by atoms with E-state index in [0.29, 0.717) is 11.3 Å². The minimum atomic E-state index is -0.734. The summed E-state index contributed by atoms with van der Waals surface area (Å²) in [6.07, 6.45) is 28.6. The Labute approximate surface area is 307 Å². The molecule has 3 aromatic carbocycles. The van der Waals surface area contributed by atoms with Gasteiger partial charge in [0.1, 0.15) is 12.2 Å². The molecule has 260 valence electrons. The number of hydrogen-bond acceptors (Lipinski definition) is 6. The van der Waals surface area contributed by atoms with E-state index in [0.717, 1.165) is 57.6 Å². The van der Waals surface area contributed by atoms with E-state index in [4.69, 9.17) is 4.74 Å². The number of fused-ring (bicyclic) bond motifs is 5. The van der Waals surface area contributed by atoms with Crippen LogP contribution in [0.5, 0.6) is 5.75 Å². The maximum Gasteiger partial charge on any atom is 0.320 e. The Kier molecular flexibility index (Phi) is 7.46. The van der Waals surface area contributed by atoms with Crippen molar-refractivity contribution >= 4 is 35.2 Å². The highest BCUT2D eigenvalue weighted by Gasteiger charge is 2.45. The Balaban J connectivity index is 1.23. The highest BCUT2D eigenvalue weighted by Crippen LogP contribution is 2.51. The lowest BCUT2D eigenvalue weighted by Gasteiger charge is -2.41. The number of amides is 2. The van der Waals surface area contributed by atoms with Gasteiger partial charge in [0.25, 0.3) is 0 Å². The van der Waals surface area contributed by atoms with Gasteiger partial charge in [-0.2, -0.15) is 0 Å². The quantitative estimate of drug-likeness (QED) is 0.176. The van der Waals surface area contributed by atoms with Crippen LogP contribution in [-0.2, 0) is 20.8 Å². The molecule has 0 spiro atoms. The average molecular weight is 697 g/mol. The van der Waals surface area contributed by atoms with E-state index in [1.165, 1.54) is 5.56 Å². The predicted molar refractivity (Wildman–Crippen MR) is 204 cm³/mol. The second-order valence-electron chi connectivity index (χ2n) is 14.5. The van der Waals surface area contributed by atoms with Crippen LogP contribution in [0.3, 0.4) is 0 Å². The molecule has 7 atom stereocenters. The molecule has 53 heavy (non-hydrogen) atoms. The Morgan fingerprint density at radius 1 is 0.660 bits per heavy atom. The van der Waals surface area contributed by atoms with E-state index in [1.807, 2.05) is 85.0 Å². The average Bonchev–Trinajstić information content (AvgIpc) is 3.19. The molecule has 3 aromatic rings. The highest BCUT2D eigenvalue weighted by molar-refractivity contribution is 5.93. The van der Waals surface area contributed by atoms with Crippen molar-refractivity contribution in [3.63, 3.8) is 0 Å². The fraction of sp³-hybridized carbons (Fsp3) is 0.200. The number of hydrogen-bond donors (Lipinski definition) is 4. The summed E-state index contributed by atoms with van der Waals surface area (Å²) in [4.78, 5) is 41.6. The third kappa shape index (κ3) is 5.39. The molecular formula is C45H36N4O4. The van der Waals surface area contributed by atoms with Gasteiger partial charge in [-0.25, -0.2) is 0 Å². The first-order chi connectivity index (χ1) is 26.0. The number of allylic oxidation sites excluding steroid dienone is 5. The number of benzene rings is 3. The first-order valence-corrected chi connectivity index (χ1v) is 18.3. The molecular weight excluding hydrogens is 661 g/mol. The van der Waals surface area contributed by atoms with Crippen LogP contribution in [-0.4, -0.2) is 29.9 Å². The normalized spacial score (nSPS) is 28.7. The second-order valence-corrected chi connectivity index (χ2v) is 14.5. The van der Waals surface area contributed by atoms with E-state index < -0.39 is 29.8 Å². The monoisotopic (exact) mass is 696 g/mol. The SMILES string of the molecule is O=C1[C]C(C2C=C3C=CC=CC3C(=O)N2)c2c(cc(C3CCc4ccccc4N3)c(C3C=Cc4ccccc4N3)c2C2C=C3C=CC=CC3NC2=O)O1. The second kappa shape index (κ2) is 12.5. The van der Waals surface area contributed by atoms with Gasteiger partial charge in [-0.05, 0) is 70.0 Å². The molecule has 4 N–H and O–H groups in total. The van der Waals surface area contributed by atoms with Gasteiger partial charge in [-0.3, -0.25) is 14.4 Å². The fourth-order valence-electron chi connectivity index (χ4n) is 8.94. The van der Waals surface area contributed by atoms with Crippen LogP contribution in [0, 0.1) is 12.3 Å². The van der Waals surface area contributed by atoms with Gasteiger partial charge in [0, 0.05) is 22.9 Å². The molecule has 0 aromatic heterocycles. The minimum Gasteiger partial charge on any atom is -0.426 e. The van der Waals surface area contributed by atoms with Crippen molar-refractivity contribution in [2.24, 2.45) is 5.92 Å². The summed E-state index contributed by atoms with van der Waals surface area (Å²) >= 11 is 0. The van der Waals surface area contributed by atoms with E-state index >= 15 is 0 Å². The summed E-state index contributed by atoms with van der Waals surface area (Å²) in [5.74, 6) is -2.39. The first-order valence-electron chi connectivity index (χ1n) is 18.3.